The molecule has 12 nitrogen and oxygen atoms in total. The van der Waals surface area contributed by atoms with Gasteiger partial charge in [-0.2, -0.15) is 10.2 Å². The van der Waals surface area contributed by atoms with Gasteiger partial charge >= 0.3 is 5.97 Å². The number of nitrogens with zero attached hydrogens (tertiary/aromatic N) is 7. The largest absolute Gasteiger partial charge is 0.476 e. The monoisotopic (exact) mass is 818 g/mol. The number of benzene rings is 1. The maximum atomic E-state index is 13.0. The van der Waals surface area contributed by atoms with Crippen molar-refractivity contribution in [2.24, 2.45) is 27.6 Å². The quantitative estimate of drug-likeness (QED) is 0.0767. The number of carboxylic acids is 1. The Labute approximate surface area is 350 Å². The molecule has 4 N–H and O–H groups in total. The smallest absolute Gasteiger partial charge is 0.355 e. The number of anilines is 2. The molecule has 59 heavy (non-hydrogen) atoms. The average Bonchev–Trinajstić information content (AvgIpc) is 3.77. The van der Waals surface area contributed by atoms with E-state index in [1.807, 2.05) is 41.4 Å². The van der Waals surface area contributed by atoms with Crippen LogP contribution in [-0.4, -0.2) is 84.1 Å². The van der Waals surface area contributed by atoms with Gasteiger partial charge in [0.2, 0.25) is 0 Å². The van der Waals surface area contributed by atoms with Crippen LogP contribution in [0.4, 0.5) is 11.6 Å². The number of thiazole rings is 1. The van der Waals surface area contributed by atoms with Crippen LogP contribution in [-0.2, 0) is 19.4 Å². The van der Waals surface area contributed by atoms with Gasteiger partial charge in [-0.25, -0.2) is 14.8 Å². The zero-order chi connectivity index (χ0) is 41.2. The molecule has 0 spiro atoms. The predicted octanol–water partition coefficient (Wildman–Crippen LogP) is 7.67. The summed E-state index contributed by atoms with van der Waals surface area (Å²) in [6, 6.07) is 12.0. The van der Waals surface area contributed by atoms with Crippen molar-refractivity contribution in [1.82, 2.24) is 35.3 Å². The van der Waals surface area contributed by atoms with Crippen LogP contribution in [0, 0.1) is 41.4 Å². The third kappa shape index (κ3) is 7.57. The number of aromatic nitrogens is 6. The second kappa shape index (κ2) is 15.3. The van der Waals surface area contributed by atoms with Gasteiger partial charge in [-0.3, -0.25) is 4.68 Å². The van der Waals surface area contributed by atoms with Gasteiger partial charge in [0.25, 0.3) is 0 Å². The van der Waals surface area contributed by atoms with Crippen molar-refractivity contribution in [2.45, 2.75) is 105 Å². The number of para-hydroxylation sites is 1. The van der Waals surface area contributed by atoms with Crippen LogP contribution in [0.15, 0.2) is 42.6 Å². The molecule has 0 radical (unpaired) electrons. The number of hydrogen-bond donors (Lipinski definition) is 4. The second-order valence-corrected chi connectivity index (χ2v) is 20.6. The van der Waals surface area contributed by atoms with E-state index in [0.717, 1.165) is 81.5 Å². The molecule has 10 rings (SSSR count). The maximum Gasteiger partial charge on any atom is 0.355 e. The van der Waals surface area contributed by atoms with Gasteiger partial charge in [-0.05, 0) is 136 Å². The summed E-state index contributed by atoms with van der Waals surface area (Å²) < 4.78 is 3.31. The fourth-order valence-electron chi connectivity index (χ4n) is 13.0. The summed E-state index contributed by atoms with van der Waals surface area (Å²) >= 11 is 1.69. The Morgan fingerprint density at radius 2 is 1.69 bits per heavy atom. The SMILES string of the molecule is Cc1c(Cc2nc3ccccc3s2)nnc2c1CCCN2c1ccc(-c2cnn(CC34CC5(C)CC(C)(CC(CCCNCC(CO)CO)(C5)C3)C4)c2C)c(C(=O)O)n1. The van der Waals surface area contributed by atoms with E-state index < -0.39 is 5.97 Å². The highest BCUT2D eigenvalue weighted by atomic mass is 32.1. The molecule has 13 heteroatoms. The van der Waals surface area contributed by atoms with Crippen molar-refractivity contribution in [3.05, 3.63) is 75.8 Å². The topological polar surface area (TPSA) is 162 Å². The lowest BCUT2D eigenvalue weighted by atomic mass is 9.35. The van der Waals surface area contributed by atoms with Gasteiger partial charge in [0.15, 0.2) is 11.5 Å². The fraction of sp³-hybridized carbons (Fsp3) is 0.565. The average molecular weight is 819 g/mol. The van der Waals surface area contributed by atoms with E-state index in [1.54, 1.807) is 11.3 Å². The summed E-state index contributed by atoms with van der Waals surface area (Å²) in [4.78, 5) is 24.6. The normalized spacial score (nSPS) is 26.0. The first kappa shape index (κ1) is 40.1. The summed E-state index contributed by atoms with van der Waals surface area (Å²) in [5.41, 5.74) is 7.53. The van der Waals surface area contributed by atoms with Gasteiger partial charge in [0.1, 0.15) is 5.82 Å². The lowest BCUT2D eigenvalue weighted by molar-refractivity contribution is -0.197. The van der Waals surface area contributed by atoms with Crippen molar-refractivity contribution >= 4 is 39.2 Å². The summed E-state index contributed by atoms with van der Waals surface area (Å²) in [5.74, 6) is 0.121. The van der Waals surface area contributed by atoms with Crippen molar-refractivity contribution in [1.29, 1.82) is 0 Å². The van der Waals surface area contributed by atoms with Gasteiger partial charge in [0.05, 0.1) is 27.1 Å². The highest BCUT2D eigenvalue weighted by Crippen LogP contribution is 2.75. The summed E-state index contributed by atoms with van der Waals surface area (Å²) in [6.45, 7) is 12.2. The van der Waals surface area contributed by atoms with Crippen molar-refractivity contribution in [3.63, 3.8) is 0 Å². The van der Waals surface area contributed by atoms with Crippen LogP contribution >= 0.6 is 11.3 Å². The molecule has 4 aliphatic carbocycles. The van der Waals surface area contributed by atoms with E-state index in [2.05, 4.69) is 43.8 Å². The minimum atomic E-state index is -1.07. The van der Waals surface area contributed by atoms with Crippen LogP contribution in [0.3, 0.4) is 0 Å². The summed E-state index contributed by atoms with van der Waals surface area (Å²) in [7, 11) is 0. The van der Waals surface area contributed by atoms with Crippen molar-refractivity contribution in [3.8, 4) is 11.1 Å². The van der Waals surface area contributed by atoms with Gasteiger partial charge in [-0.1, -0.05) is 26.0 Å². The third-order valence-corrected chi connectivity index (χ3v) is 15.2. The van der Waals surface area contributed by atoms with E-state index in [4.69, 9.17) is 25.3 Å². The molecule has 5 heterocycles. The van der Waals surface area contributed by atoms with E-state index in [-0.39, 0.29) is 30.2 Å². The zero-order valence-corrected chi connectivity index (χ0v) is 35.7. The van der Waals surface area contributed by atoms with E-state index in [0.29, 0.717) is 47.1 Å². The number of nitrogens with one attached hydrogen (secondary N) is 1. The van der Waals surface area contributed by atoms with Gasteiger partial charge < -0.3 is 25.5 Å². The molecule has 312 valence electrons. The Hall–Kier alpha value is -4.30. The molecule has 2 unspecified atom stereocenters. The molecule has 4 fully saturated rings. The Bertz CT molecular complexity index is 2340. The first-order valence-electron chi connectivity index (χ1n) is 21.5. The number of hydrogen-bond acceptors (Lipinski definition) is 11. The van der Waals surface area contributed by atoms with E-state index in [9.17, 15) is 20.1 Å². The van der Waals surface area contributed by atoms with Crippen LogP contribution in [0.25, 0.3) is 21.3 Å². The predicted molar refractivity (Wildman–Crippen MR) is 230 cm³/mol. The Kier molecular flexibility index (Phi) is 10.4. The molecule has 4 aromatic heterocycles. The standard InChI is InChI=1S/C46H58N8O4S/c1-29-32-9-7-16-53(41(32)52-51-36(29)17-39-49-35-10-5-6-11-37(35)59-39)38-13-12-33(40(50-38)42(57)58)34-19-48-54(30(34)2)28-46-25-43(3)22-44(4,26-46)24-45(23-43,27-46)14-8-15-47-18-31(20-55)21-56/h5-6,10-13,19,31,47,55-56H,7-9,14-18,20-28H2,1-4H3,(H,57,58). The molecule has 4 bridgehead atoms. The first-order chi connectivity index (χ1) is 28.3. The Morgan fingerprint density at radius 3 is 2.44 bits per heavy atom. The molecular formula is C46H58N8O4S. The number of carboxylic acid groups (broad SMARTS) is 1. The number of carbonyl (C=O) groups is 1. The molecule has 5 aromatic rings. The molecule has 4 saturated carbocycles. The summed E-state index contributed by atoms with van der Waals surface area (Å²) in [6.07, 6.45) is 13.9. The molecule has 2 atom stereocenters. The number of aromatic carboxylic acids is 1. The first-order valence-corrected chi connectivity index (χ1v) is 22.3. The fourth-order valence-corrected chi connectivity index (χ4v) is 14.0. The highest BCUT2D eigenvalue weighted by molar-refractivity contribution is 7.18. The van der Waals surface area contributed by atoms with Gasteiger partial charge in [0, 0.05) is 67.6 Å². The lowest BCUT2D eigenvalue weighted by Crippen LogP contribution is -2.60. The number of fused-ring (bicyclic) bond motifs is 2. The molecule has 0 amide bonds. The van der Waals surface area contributed by atoms with Crippen LogP contribution in [0.5, 0.6) is 0 Å². The van der Waals surface area contributed by atoms with Crippen molar-refractivity contribution in [2.75, 3.05) is 37.7 Å². The molecule has 1 aliphatic heterocycles. The summed E-state index contributed by atoms with van der Waals surface area (Å²) in [5, 5.41) is 48.4. The van der Waals surface area contributed by atoms with Crippen LogP contribution < -0.4 is 10.2 Å². The number of aliphatic hydroxyl groups is 2. The highest BCUT2D eigenvalue weighted by Gasteiger charge is 2.65. The van der Waals surface area contributed by atoms with E-state index in [1.165, 1.54) is 44.9 Å². The zero-order valence-electron chi connectivity index (χ0n) is 34.9. The maximum absolute atomic E-state index is 13.0. The second-order valence-electron chi connectivity index (χ2n) is 19.5. The molecule has 5 aliphatic rings. The Morgan fingerprint density at radius 1 is 0.932 bits per heavy atom. The van der Waals surface area contributed by atoms with E-state index >= 15 is 0 Å². The minimum Gasteiger partial charge on any atom is -0.476 e. The molecular weight excluding hydrogens is 761 g/mol. The Balaban J connectivity index is 0.945. The van der Waals surface area contributed by atoms with Crippen LogP contribution in [0.2, 0.25) is 0 Å². The van der Waals surface area contributed by atoms with Crippen LogP contribution in [0.1, 0.15) is 110 Å². The minimum absolute atomic E-state index is 0.00163. The molecule has 1 aromatic carbocycles. The number of rotatable bonds is 15. The van der Waals surface area contributed by atoms with Crippen molar-refractivity contribution < 1.29 is 20.1 Å². The number of pyridine rings is 1. The molecule has 0 saturated heterocycles. The van der Waals surface area contributed by atoms with Gasteiger partial charge in [-0.15, -0.1) is 16.4 Å². The number of aliphatic hydroxyl groups excluding tert-OH is 2. The lowest BCUT2D eigenvalue weighted by Gasteiger charge is -2.70. The third-order valence-electron chi connectivity index (χ3n) is 14.2.